The van der Waals surface area contributed by atoms with Gasteiger partial charge in [0.25, 0.3) is 0 Å². The Hall–Kier alpha value is -1.52. The Morgan fingerprint density at radius 1 is 1.37 bits per heavy atom. The van der Waals surface area contributed by atoms with Gasteiger partial charge in [0.2, 0.25) is 0 Å². The molecule has 0 aliphatic heterocycles. The third-order valence-electron chi connectivity index (χ3n) is 2.51. The molecule has 0 fully saturated rings. The second-order valence-electron chi connectivity index (χ2n) is 4.04. The lowest BCUT2D eigenvalue weighted by Crippen LogP contribution is -2.05. The molecule has 0 aliphatic carbocycles. The first-order chi connectivity index (χ1) is 9.11. The van der Waals surface area contributed by atoms with Crippen LogP contribution in [0, 0.1) is 0 Å². The van der Waals surface area contributed by atoms with Gasteiger partial charge >= 0.3 is 5.97 Å². The molecule has 0 radical (unpaired) electrons. The molecule has 100 valence electrons. The second-order valence-corrected chi connectivity index (χ2v) is 5.53. The van der Waals surface area contributed by atoms with E-state index in [-0.39, 0.29) is 5.97 Å². The molecule has 0 spiro atoms. The van der Waals surface area contributed by atoms with Gasteiger partial charge in [-0.3, -0.25) is 0 Å². The fourth-order valence-electron chi connectivity index (χ4n) is 1.58. The van der Waals surface area contributed by atoms with Crippen LogP contribution in [-0.4, -0.2) is 12.6 Å². The molecule has 2 aromatic rings. The maximum atomic E-state index is 11.8. The molecule has 1 aromatic heterocycles. The predicted molar refractivity (Wildman–Crippen MR) is 79.8 cm³/mol. The summed E-state index contributed by atoms with van der Waals surface area (Å²) in [4.78, 5) is 13.2. The van der Waals surface area contributed by atoms with E-state index in [2.05, 4.69) is 0 Å². The average molecular weight is 296 g/mol. The molecule has 1 heterocycles. The number of nitrogens with two attached hydrogens (primary N) is 1. The van der Waals surface area contributed by atoms with E-state index >= 15 is 0 Å². The summed E-state index contributed by atoms with van der Waals surface area (Å²) in [6, 6.07) is 9.20. The number of halogens is 1. The van der Waals surface area contributed by atoms with E-state index in [1.165, 1.54) is 11.3 Å². The molecule has 0 saturated heterocycles. The molecular formula is C14H14ClNO2S. The van der Waals surface area contributed by atoms with Crippen molar-refractivity contribution in [2.45, 2.75) is 13.3 Å². The molecule has 0 amide bonds. The van der Waals surface area contributed by atoms with Crippen molar-refractivity contribution in [2.75, 3.05) is 12.3 Å². The number of carbonyl (C=O) groups is 1. The van der Waals surface area contributed by atoms with E-state index in [0.717, 1.165) is 16.9 Å². The number of hydrogen-bond acceptors (Lipinski definition) is 4. The number of esters is 1. The van der Waals surface area contributed by atoms with Gasteiger partial charge in [-0.25, -0.2) is 4.79 Å². The fourth-order valence-corrected chi connectivity index (χ4v) is 2.69. The van der Waals surface area contributed by atoms with Gasteiger partial charge in [-0.15, -0.1) is 11.3 Å². The molecule has 0 aliphatic rings. The monoisotopic (exact) mass is 295 g/mol. The number of hydrogen-bond donors (Lipinski definition) is 1. The molecule has 1 aromatic carbocycles. The number of carbonyl (C=O) groups excluding carboxylic acids is 1. The number of thiophene rings is 1. The van der Waals surface area contributed by atoms with Crippen molar-refractivity contribution in [1.82, 2.24) is 0 Å². The van der Waals surface area contributed by atoms with Crippen LogP contribution in [0.4, 0.5) is 5.69 Å². The minimum Gasteiger partial charge on any atom is -0.461 e. The van der Waals surface area contributed by atoms with Gasteiger partial charge in [-0.2, -0.15) is 0 Å². The van der Waals surface area contributed by atoms with Crippen molar-refractivity contribution in [1.29, 1.82) is 0 Å². The average Bonchev–Trinajstić information content (AvgIpc) is 2.79. The maximum absolute atomic E-state index is 11.8. The summed E-state index contributed by atoms with van der Waals surface area (Å²) in [6.45, 7) is 2.36. The Balaban J connectivity index is 2.25. The highest BCUT2D eigenvalue weighted by Crippen LogP contribution is 2.34. The smallest absolute Gasteiger partial charge is 0.350 e. The molecule has 3 nitrogen and oxygen atoms in total. The molecule has 5 heteroatoms. The normalized spacial score (nSPS) is 10.4. The Morgan fingerprint density at radius 2 is 2.05 bits per heavy atom. The molecule has 0 unspecified atom stereocenters. The summed E-state index contributed by atoms with van der Waals surface area (Å²) < 4.78 is 5.10. The largest absolute Gasteiger partial charge is 0.461 e. The first-order valence-electron chi connectivity index (χ1n) is 5.94. The Kier molecular flexibility index (Phi) is 4.45. The Labute approximate surface area is 121 Å². The fraction of sp³-hybridized carbons (Fsp3) is 0.214. The summed E-state index contributed by atoms with van der Waals surface area (Å²) in [5, 5.41) is 0.677. The van der Waals surface area contributed by atoms with Crippen molar-refractivity contribution in [3.63, 3.8) is 0 Å². The summed E-state index contributed by atoms with van der Waals surface area (Å²) in [5.74, 6) is -0.357. The van der Waals surface area contributed by atoms with Crippen molar-refractivity contribution in [3.8, 4) is 10.4 Å². The standard InChI is InChI=1S/C14H14ClNO2S/c1-2-7-18-14(17)13-11(16)8-12(19-13)9-3-5-10(15)6-4-9/h3-6,8H,2,7,16H2,1H3. The molecule has 0 bridgehead atoms. The first kappa shape index (κ1) is 13.9. The predicted octanol–water partition coefficient (Wildman–Crippen LogP) is 4.22. The van der Waals surface area contributed by atoms with Gasteiger partial charge in [0, 0.05) is 9.90 Å². The zero-order chi connectivity index (χ0) is 13.8. The van der Waals surface area contributed by atoms with Crippen LogP contribution >= 0.6 is 22.9 Å². The number of ether oxygens (including phenoxy) is 1. The van der Waals surface area contributed by atoms with Crippen LogP contribution in [0.15, 0.2) is 30.3 Å². The summed E-state index contributed by atoms with van der Waals surface area (Å²) in [6.07, 6.45) is 0.793. The van der Waals surface area contributed by atoms with Crippen LogP contribution in [0.3, 0.4) is 0 Å². The van der Waals surface area contributed by atoms with Crippen molar-refractivity contribution < 1.29 is 9.53 Å². The van der Waals surface area contributed by atoms with Crippen molar-refractivity contribution >= 4 is 34.6 Å². The summed E-state index contributed by atoms with van der Waals surface area (Å²) in [5.41, 5.74) is 7.30. The molecule has 0 saturated carbocycles. The zero-order valence-electron chi connectivity index (χ0n) is 10.5. The zero-order valence-corrected chi connectivity index (χ0v) is 12.1. The third kappa shape index (κ3) is 3.28. The van der Waals surface area contributed by atoms with Gasteiger partial charge in [0.1, 0.15) is 4.88 Å². The van der Waals surface area contributed by atoms with E-state index in [4.69, 9.17) is 22.1 Å². The van der Waals surface area contributed by atoms with Crippen LogP contribution in [0.1, 0.15) is 23.0 Å². The molecule has 2 N–H and O–H groups in total. The van der Waals surface area contributed by atoms with Crippen molar-refractivity contribution in [3.05, 3.63) is 40.2 Å². The highest BCUT2D eigenvalue weighted by atomic mass is 35.5. The van der Waals surface area contributed by atoms with Crippen LogP contribution in [0.5, 0.6) is 0 Å². The SMILES string of the molecule is CCCOC(=O)c1sc(-c2ccc(Cl)cc2)cc1N. The molecule has 0 atom stereocenters. The third-order valence-corrected chi connectivity index (χ3v) is 3.94. The maximum Gasteiger partial charge on any atom is 0.350 e. The number of nitrogen functional groups attached to an aromatic ring is 1. The van der Waals surface area contributed by atoms with Gasteiger partial charge in [-0.05, 0) is 30.2 Å². The van der Waals surface area contributed by atoms with Gasteiger partial charge in [0.05, 0.1) is 12.3 Å². The van der Waals surface area contributed by atoms with Crippen LogP contribution < -0.4 is 5.73 Å². The number of benzene rings is 1. The molecule has 2 rings (SSSR count). The van der Waals surface area contributed by atoms with E-state index < -0.39 is 0 Å². The lowest BCUT2D eigenvalue weighted by atomic mass is 10.2. The first-order valence-corrected chi connectivity index (χ1v) is 7.13. The number of anilines is 1. The Morgan fingerprint density at radius 3 is 2.68 bits per heavy atom. The topological polar surface area (TPSA) is 52.3 Å². The van der Waals surface area contributed by atoms with E-state index in [9.17, 15) is 4.79 Å². The lowest BCUT2D eigenvalue weighted by molar-refractivity contribution is 0.0512. The highest BCUT2D eigenvalue weighted by molar-refractivity contribution is 7.18. The second kappa shape index (κ2) is 6.08. The van der Waals surface area contributed by atoms with Crippen LogP contribution in [0.25, 0.3) is 10.4 Å². The molecular weight excluding hydrogens is 282 g/mol. The minimum absolute atomic E-state index is 0.357. The van der Waals surface area contributed by atoms with E-state index in [1.54, 1.807) is 6.07 Å². The highest BCUT2D eigenvalue weighted by Gasteiger charge is 2.16. The van der Waals surface area contributed by atoms with Gasteiger partial charge in [-0.1, -0.05) is 30.7 Å². The van der Waals surface area contributed by atoms with Gasteiger partial charge < -0.3 is 10.5 Å². The lowest BCUT2D eigenvalue weighted by Gasteiger charge is -2.00. The van der Waals surface area contributed by atoms with E-state index in [1.807, 2.05) is 31.2 Å². The summed E-state index contributed by atoms with van der Waals surface area (Å²) >= 11 is 7.18. The van der Waals surface area contributed by atoms with Crippen LogP contribution in [0.2, 0.25) is 5.02 Å². The van der Waals surface area contributed by atoms with Crippen molar-refractivity contribution in [2.24, 2.45) is 0 Å². The molecule has 19 heavy (non-hydrogen) atoms. The van der Waals surface area contributed by atoms with Crippen LogP contribution in [-0.2, 0) is 4.74 Å². The number of rotatable bonds is 4. The van der Waals surface area contributed by atoms with Gasteiger partial charge in [0.15, 0.2) is 0 Å². The Bertz CT molecular complexity index is 578. The quantitative estimate of drug-likeness (QED) is 0.859. The summed E-state index contributed by atoms with van der Waals surface area (Å²) in [7, 11) is 0. The minimum atomic E-state index is -0.357. The van der Waals surface area contributed by atoms with E-state index in [0.29, 0.717) is 22.2 Å².